The van der Waals surface area contributed by atoms with Gasteiger partial charge in [-0.2, -0.15) is 13.2 Å². The molecule has 2 N–H and O–H groups in total. The zero-order valence-corrected chi connectivity index (χ0v) is 15.5. The van der Waals surface area contributed by atoms with Crippen molar-refractivity contribution in [2.24, 2.45) is 0 Å². The molecule has 0 saturated carbocycles. The van der Waals surface area contributed by atoms with Crippen molar-refractivity contribution in [1.29, 1.82) is 0 Å². The maximum Gasteiger partial charge on any atom is 0.434 e. The number of nitrogens with zero attached hydrogens (tertiary/aromatic N) is 6. The van der Waals surface area contributed by atoms with Gasteiger partial charge >= 0.3 is 6.18 Å². The number of aliphatic hydroxyl groups is 1. The zero-order chi connectivity index (χ0) is 19.0. The molecular weight excluding hydrogens is 399 g/mol. The Morgan fingerprint density at radius 1 is 1.07 bits per heavy atom. The number of nitrogens with one attached hydrogen (secondary N) is 1. The number of hydrogen-bond donors (Lipinski definition) is 2. The van der Waals surface area contributed by atoms with Crippen LogP contribution in [0.2, 0.25) is 0 Å². The lowest BCUT2D eigenvalue weighted by atomic mass is 10.1. The van der Waals surface area contributed by atoms with Crippen molar-refractivity contribution < 1.29 is 18.3 Å². The molecule has 28 heavy (non-hydrogen) atoms. The molecule has 1 atom stereocenters. The van der Waals surface area contributed by atoms with Crippen molar-refractivity contribution in [3.05, 3.63) is 36.8 Å². The summed E-state index contributed by atoms with van der Waals surface area (Å²) in [4.78, 5) is 14.0. The summed E-state index contributed by atoms with van der Waals surface area (Å²) in [6, 6.07) is 1.74. The maximum absolute atomic E-state index is 12.7. The molecule has 2 aliphatic heterocycles. The number of rotatable bonds is 3. The molecule has 4 heterocycles. The zero-order valence-electron chi connectivity index (χ0n) is 14.7. The molecule has 8 nitrogen and oxygen atoms in total. The smallest absolute Gasteiger partial charge is 0.367 e. The number of alkyl halides is 3. The molecule has 12 heteroatoms. The Labute approximate surface area is 165 Å². The van der Waals surface area contributed by atoms with Crippen LogP contribution in [0.1, 0.15) is 25.0 Å². The van der Waals surface area contributed by atoms with Crippen LogP contribution in [-0.4, -0.2) is 43.9 Å². The number of imidazole rings is 1. The first-order valence-electron chi connectivity index (χ1n) is 8.55. The van der Waals surface area contributed by atoms with Crippen LogP contribution in [0, 0.1) is 0 Å². The van der Waals surface area contributed by atoms with Gasteiger partial charge in [-0.1, -0.05) is 0 Å². The highest BCUT2D eigenvalue weighted by molar-refractivity contribution is 5.85. The van der Waals surface area contributed by atoms with Crippen LogP contribution in [0.3, 0.4) is 0 Å². The monoisotopic (exact) mass is 417 g/mol. The number of hydrazine groups is 1. The Morgan fingerprint density at radius 3 is 2.46 bits per heavy atom. The largest absolute Gasteiger partial charge is 0.434 e. The molecule has 0 aromatic carbocycles. The molecule has 1 fully saturated rings. The molecule has 2 aromatic heterocycles. The van der Waals surface area contributed by atoms with Crippen LogP contribution >= 0.6 is 12.4 Å². The quantitative estimate of drug-likeness (QED) is 0.792. The average Bonchev–Trinajstić information content (AvgIpc) is 3.29. The predicted molar refractivity (Wildman–Crippen MR) is 98.5 cm³/mol. The minimum Gasteiger partial charge on any atom is -0.367 e. The third-order valence-corrected chi connectivity index (χ3v) is 4.60. The van der Waals surface area contributed by atoms with Crippen molar-refractivity contribution in [3.8, 4) is 0 Å². The maximum atomic E-state index is 12.7. The molecule has 0 bridgehead atoms. The minimum atomic E-state index is -4.54. The summed E-state index contributed by atoms with van der Waals surface area (Å²) in [5, 5.41) is 11.9. The molecule has 2 aliphatic rings. The number of hydrogen-bond acceptors (Lipinski definition) is 7. The van der Waals surface area contributed by atoms with Gasteiger partial charge < -0.3 is 14.6 Å². The molecule has 1 saturated heterocycles. The second kappa shape index (κ2) is 7.84. The van der Waals surface area contributed by atoms with E-state index in [9.17, 15) is 18.3 Å². The van der Waals surface area contributed by atoms with E-state index in [1.165, 1.54) is 24.0 Å². The molecule has 0 radical (unpaired) electrons. The number of aromatic nitrogens is 4. The Bertz CT molecular complexity index is 851. The molecule has 0 spiro atoms. The fourth-order valence-electron chi connectivity index (χ4n) is 3.19. The lowest BCUT2D eigenvalue weighted by Crippen LogP contribution is -2.39. The summed E-state index contributed by atoms with van der Waals surface area (Å²) in [7, 11) is 0. The molecular formula is C16H19ClF3N7O. The van der Waals surface area contributed by atoms with Crippen molar-refractivity contribution in [3.63, 3.8) is 0 Å². The fraction of sp³-hybridized carbons (Fsp3) is 0.438. The molecule has 4 rings (SSSR count). The van der Waals surface area contributed by atoms with Gasteiger partial charge in [-0.25, -0.2) is 20.0 Å². The van der Waals surface area contributed by atoms with Gasteiger partial charge in [0, 0.05) is 31.6 Å². The fourth-order valence-corrected chi connectivity index (χ4v) is 3.19. The third-order valence-electron chi connectivity index (χ3n) is 4.60. The van der Waals surface area contributed by atoms with E-state index in [2.05, 4.69) is 25.3 Å². The highest BCUT2D eigenvalue weighted by atomic mass is 35.5. The van der Waals surface area contributed by atoms with Gasteiger partial charge in [0.15, 0.2) is 17.7 Å². The van der Waals surface area contributed by atoms with E-state index in [0.717, 1.165) is 48.8 Å². The standard InChI is InChI=1S/C16H18F3N7O.ClH/c17-16(18,19)12-8-25(10-22-12)11-7-23-26(15(11)27)14-6-13(20-9-21-14)24-4-2-1-3-5-24;/h6-10,15,23,27H,1-5H2;1H. The van der Waals surface area contributed by atoms with Crippen LogP contribution in [-0.2, 0) is 6.18 Å². The van der Waals surface area contributed by atoms with E-state index in [4.69, 9.17) is 0 Å². The minimum absolute atomic E-state index is 0. The Morgan fingerprint density at radius 2 is 1.79 bits per heavy atom. The summed E-state index contributed by atoms with van der Waals surface area (Å²) >= 11 is 0. The van der Waals surface area contributed by atoms with Crippen molar-refractivity contribution in [2.45, 2.75) is 31.7 Å². The first-order valence-corrected chi connectivity index (χ1v) is 8.55. The van der Waals surface area contributed by atoms with E-state index in [1.54, 1.807) is 6.07 Å². The lowest BCUT2D eigenvalue weighted by Gasteiger charge is -2.29. The second-order valence-corrected chi connectivity index (χ2v) is 6.39. The lowest BCUT2D eigenvalue weighted by molar-refractivity contribution is -0.140. The molecule has 1 unspecified atom stereocenters. The van der Waals surface area contributed by atoms with Crippen LogP contribution in [0.4, 0.5) is 24.8 Å². The topological polar surface area (TPSA) is 82.3 Å². The Hall–Kier alpha value is -2.53. The summed E-state index contributed by atoms with van der Waals surface area (Å²) in [5.41, 5.74) is 2.01. The summed E-state index contributed by atoms with van der Waals surface area (Å²) in [6.45, 7) is 1.82. The number of anilines is 2. The first kappa shape index (κ1) is 20.2. The molecule has 2 aromatic rings. The van der Waals surface area contributed by atoms with Crippen LogP contribution in [0.5, 0.6) is 0 Å². The van der Waals surface area contributed by atoms with Crippen molar-refractivity contribution in [2.75, 3.05) is 23.0 Å². The average molecular weight is 418 g/mol. The van der Waals surface area contributed by atoms with Crippen molar-refractivity contribution in [1.82, 2.24) is 24.9 Å². The normalized spacial score (nSPS) is 19.9. The van der Waals surface area contributed by atoms with E-state index >= 15 is 0 Å². The highest BCUT2D eigenvalue weighted by Gasteiger charge is 2.35. The molecule has 0 amide bonds. The van der Waals surface area contributed by atoms with E-state index in [1.807, 2.05) is 0 Å². The number of halogens is 4. The van der Waals surface area contributed by atoms with E-state index < -0.39 is 18.1 Å². The second-order valence-electron chi connectivity index (χ2n) is 6.39. The van der Waals surface area contributed by atoms with E-state index in [0.29, 0.717) is 5.82 Å². The molecule has 152 valence electrons. The van der Waals surface area contributed by atoms with Gasteiger partial charge in [0.2, 0.25) is 0 Å². The van der Waals surface area contributed by atoms with Crippen molar-refractivity contribution >= 4 is 29.7 Å². The van der Waals surface area contributed by atoms with Gasteiger partial charge in [0.25, 0.3) is 0 Å². The van der Waals surface area contributed by atoms with Crippen LogP contribution in [0.15, 0.2) is 31.1 Å². The van der Waals surface area contributed by atoms with Crippen LogP contribution < -0.4 is 15.3 Å². The number of aliphatic hydroxyl groups excluding tert-OH is 1. The summed E-state index contributed by atoms with van der Waals surface area (Å²) in [6.07, 6.45) is 2.28. The SMILES string of the molecule is Cl.OC1C(n2cnc(C(F)(F)F)c2)=CNN1c1cc(N2CCCCC2)ncn1. The first-order chi connectivity index (χ1) is 12.9. The summed E-state index contributed by atoms with van der Waals surface area (Å²) in [5.74, 6) is 1.17. The van der Waals surface area contributed by atoms with Crippen LogP contribution in [0.25, 0.3) is 5.70 Å². The third kappa shape index (κ3) is 3.85. The van der Waals surface area contributed by atoms with Gasteiger partial charge in [0.05, 0.1) is 12.0 Å². The van der Waals surface area contributed by atoms with Gasteiger partial charge in [-0.05, 0) is 19.3 Å². The Kier molecular flexibility index (Phi) is 5.66. The Balaban J connectivity index is 0.00000225. The van der Waals surface area contributed by atoms with Gasteiger partial charge in [0.1, 0.15) is 12.1 Å². The van der Waals surface area contributed by atoms with Gasteiger partial charge in [-0.3, -0.25) is 5.43 Å². The predicted octanol–water partition coefficient (Wildman–Crippen LogP) is 2.25. The summed E-state index contributed by atoms with van der Waals surface area (Å²) < 4.78 is 39.4. The van der Waals surface area contributed by atoms with E-state index in [-0.39, 0.29) is 18.1 Å². The number of piperidine rings is 1. The molecule has 0 aliphatic carbocycles. The highest BCUT2D eigenvalue weighted by Crippen LogP contribution is 2.30. The van der Waals surface area contributed by atoms with Gasteiger partial charge in [-0.15, -0.1) is 12.4 Å².